The topological polar surface area (TPSA) is 43.4 Å². The van der Waals surface area contributed by atoms with Crippen molar-refractivity contribution in [2.24, 2.45) is 0 Å². The van der Waals surface area contributed by atoms with E-state index in [4.69, 9.17) is 4.74 Å². The molecule has 0 aromatic heterocycles. The van der Waals surface area contributed by atoms with Gasteiger partial charge in [-0.2, -0.15) is 0 Å². The van der Waals surface area contributed by atoms with Crippen molar-refractivity contribution in [1.29, 1.82) is 0 Å². The number of carbonyl (C=O) groups excluding carboxylic acids is 2. The highest BCUT2D eigenvalue weighted by Gasteiger charge is 2.09. The molecule has 0 aliphatic heterocycles. The summed E-state index contributed by atoms with van der Waals surface area (Å²) in [6, 6.07) is 5.65. The highest BCUT2D eigenvalue weighted by atomic mass is 79.9. The molecule has 0 bridgehead atoms. The van der Waals surface area contributed by atoms with Gasteiger partial charge in [-0.15, -0.1) is 0 Å². The third-order valence-corrected chi connectivity index (χ3v) is 3.32. The van der Waals surface area contributed by atoms with Gasteiger partial charge < -0.3 is 4.74 Å². The molecule has 0 radical (unpaired) electrons. The van der Waals surface area contributed by atoms with Crippen LogP contribution in [0.25, 0.3) is 0 Å². The number of hydrogen-bond acceptors (Lipinski definition) is 3. The zero-order chi connectivity index (χ0) is 14.3. The summed E-state index contributed by atoms with van der Waals surface area (Å²) in [5, 5.41) is 0. The summed E-state index contributed by atoms with van der Waals surface area (Å²) < 4.78 is 5.81. The fourth-order valence-corrected chi connectivity index (χ4v) is 2.34. The number of hydrogen-bond donors (Lipinski definition) is 0. The molecule has 3 nitrogen and oxygen atoms in total. The Morgan fingerprint density at radius 3 is 2.53 bits per heavy atom. The van der Waals surface area contributed by atoms with Crippen molar-refractivity contribution in [3.8, 4) is 0 Å². The van der Waals surface area contributed by atoms with Crippen LogP contribution in [-0.2, 0) is 9.53 Å². The van der Waals surface area contributed by atoms with Gasteiger partial charge in [0.1, 0.15) is 0 Å². The van der Waals surface area contributed by atoms with Crippen molar-refractivity contribution >= 4 is 27.7 Å². The highest BCUT2D eigenvalue weighted by molar-refractivity contribution is 9.10. The largest absolute Gasteiger partial charge is 0.466 e. The first kappa shape index (κ1) is 15.9. The lowest BCUT2D eigenvalue weighted by Gasteiger charge is -2.05. The summed E-state index contributed by atoms with van der Waals surface area (Å²) in [7, 11) is 0. The van der Waals surface area contributed by atoms with Gasteiger partial charge in [0.25, 0.3) is 0 Å². The van der Waals surface area contributed by atoms with Crippen LogP contribution in [0.15, 0.2) is 22.7 Å². The normalized spacial score (nSPS) is 10.3. The number of halogens is 1. The second-order valence-electron chi connectivity index (χ2n) is 4.39. The van der Waals surface area contributed by atoms with E-state index in [1.165, 1.54) is 0 Å². The zero-order valence-electron chi connectivity index (χ0n) is 11.4. The molecular weight excluding hydrogens is 308 g/mol. The number of esters is 1. The summed E-state index contributed by atoms with van der Waals surface area (Å²) in [5.74, 6) is -0.0522. The minimum Gasteiger partial charge on any atom is -0.466 e. The average Bonchev–Trinajstić information content (AvgIpc) is 2.34. The van der Waals surface area contributed by atoms with Crippen molar-refractivity contribution in [3.05, 3.63) is 33.8 Å². The number of Topliss-reactive ketones (excluding diaryl/α,β-unsaturated/α-hetero) is 1. The van der Waals surface area contributed by atoms with Gasteiger partial charge in [0.05, 0.1) is 6.61 Å². The van der Waals surface area contributed by atoms with Crippen molar-refractivity contribution in [3.63, 3.8) is 0 Å². The van der Waals surface area contributed by atoms with Gasteiger partial charge >= 0.3 is 5.97 Å². The Bertz CT molecular complexity index is 455. The third kappa shape index (κ3) is 5.55. The van der Waals surface area contributed by atoms with Crippen LogP contribution < -0.4 is 0 Å². The molecule has 0 saturated carbocycles. The minimum atomic E-state index is -0.185. The third-order valence-electron chi connectivity index (χ3n) is 2.83. The Balaban J connectivity index is 2.37. The molecule has 1 aromatic carbocycles. The smallest absolute Gasteiger partial charge is 0.305 e. The molecule has 0 heterocycles. The molecule has 0 unspecified atom stereocenters. The molecule has 0 atom stereocenters. The van der Waals surface area contributed by atoms with E-state index in [2.05, 4.69) is 15.9 Å². The van der Waals surface area contributed by atoms with Crippen LogP contribution in [0, 0.1) is 6.92 Å². The number of rotatable bonds is 7. The first-order chi connectivity index (χ1) is 9.04. The first-order valence-corrected chi connectivity index (χ1v) is 7.29. The molecular formula is C15H19BrO3. The van der Waals surface area contributed by atoms with Gasteiger partial charge in [-0.3, -0.25) is 9.59 Å². The predicted molar refractivity (Wildman–Crippen MR) is 78.3 cm³/mol. The quantitative estimate of drug-likeness (QED) is 0.431. The molecule has 0 aliphatic carbocycles. The van der Waals surface area contributed by atoms with E-state index in [9.17, 15) is 9.59 Å². The van der Waals surface area contributed by atoms with Crippen LogP contribution in [0.4, 0.5) is 0 Å². The van der Waals surface area contributed by atoms with E-state index in [0.717, 1.165) is 15.6 Å². The molecule has 0 spiro atoms. The molecule has 0 saturated heterocycles. The van der Waals surface area contributed by atoms with Gasteiger partial charge in [0, 0.05) is 22.9 Å². The van der Waals surface area contributed by atoms with Gasteiger partial charge in [-0.1, -0.05) is 22.0 Å². The molecule has 0 fully saturated rings. The van der Waals surface area contributed by atoms with Gasteiger partial charge in [-0.05, 0) is 44.4 Å². The van der Waals surface area contributed by atoms with E-state index in [1.54, 1.807) is 6.92 Å². The van der Waals surface area contributed by atoms with Crippen molar-refractivity contribution in [2.45, 2.75) is 39.5 Å². The number of aryl methyl sites for hydroxylation is 1. The number of carbonyl (C=O) groups is 2. The van der Waals surface area contributed by atoms with Crippen molar-refractivity contribution < 1.29 is 14.3 Å². The fraction of sp³-hybridized carbons (Fsp3) is 0.467. The van der Waals surface area contributed by atoms with Crippen molar-refractivity contribution in [1.82, 2.24) is 0 Å². The first-order valence-electron chi connectivity index (χ1n) is 6.49. The number of ether oxygens (including phenoxy) is 1. The Labute approximate surface area is 122 Å². The SMILES string of the molecule is CCOC(=O)CCCCC(=O)c1ccc(Br)cc1C. The molecule has 1 rings (SSSR count). The summed E-state index contributed by atoms with van der Waals surface area (Å²) in [6.07, 6.45) is 2.27. The van der Waals surface area contributed by atoms with Crippen LogP contribution >= 0.6 is 15.9 Å². The second-order valence-corrected chi connectivity index (χ2v) is 5.31. The monoisotopic (exact) mass is 326 g/mol. The van der Waals surface area contributed by atoms with Crippen LogP contribution in [-0.4, -0.2) is 18.4 Å². The fourth-order valence-electron chi connectivity index (χ4n) is 1.86. The van der Waals surface area contributed by atoms with Gasteiger partial charge in [0.15, 0.2) is 5.78 Å². The Morgan fingerprint density at radius 1 is 1.21 bits per heavy atom. The Hall–Kier alpha value is -1.16. The van der Waals surface area contributed by atoms with Crippen LogP contribution in [0.1, 0.15) is 48.5 Å². The van der Waals surface area contributed by atoms with E-state index in [0.29, 0.717) is 32.3 Å². The molecule has 0 amide bonds. The predicted octanol–water partition coefficient (Wildman–Crippen LogP) is 4.06. The lowest BCUT2D eigenvalue weighted by atomic mass is 10.0. The zero-order valence-corrected chi connectivity index (χ0v) is 13.0. The minimum absolute atomic E-state index is 0.133. The lowest BCUT2D eigenvalue weighted by molar-refractivity contribution is -0.143. The maximum Gasteiger partial charge on any atom is 0.305 e. The van der Waals surface area contributed by atoms with Gasteiger partial charge in [0.2, 0.25) is 0 Å². The Morgan fingerprint density at radius 2 is 1.89 bits per heavy atom. The molecule has 4 heteroatoms. The number of benzene rings is 1. The summed E-state index contributed by atoms with van der Waals surface area (Å²) >= 11 is 3.38. The maximum absolute atomic E-state index is 12.0. The Kier molecular flexibility index (Phi) is 6.78. The molecule has 0 N–H and O–H groups in total. The van der Waals surface area contributed by atoms with E-state index in [-0.39, 0.29) is 11.8 Å². The van der Waals surface area contributed by atoms with Gasteiger partial charge in [-0.25, -0.2) is 0 Å². The van der Waals surface area contributed by atoms with Crippen LogP contribution in [0.5, 0.6) is 0 Å². The lowest BCUT2D eigenvalue weighted by Crippen LogP contribution is -2.05. The van der Waals surface area contributed by atoms with E-state index in [1.807, 2.05) is 25.1 Å². The average molecular weight is 327 g/mol. The number of unbranched alkanes of at least 4 members (excludes halogenated alkanes) is 1. The van der Waals surface area contributed by atoms with E-state index >= 15 is 0 Å². The van der Waals surface area contributed by atoms with Crippen LogP contribution in [0.2, 0.25) is 0 Å². The summed E-state index contributed by atoms with van der Waals surface area (Å²) in [4.78, 5) is 23.2. The molecule has 1 aromatic rings. The van der Waals surface area contributed by atoms with Crippen LogP contribution in [0.3, 0.4) is 0 Å². The summed E-state index contributed by atoms with van der Waals surface area (Å²) in [5.41, 5.74) is 1.74. The molecule has 19 heavy (non-hydrogen) atoms. The number of ketones is 1. The molecule has 104 valence electrons. The summed E-state index contributed by atoms with van der Waals surface area (Å²) in [6.45, 7) is 4.13. The van der Waals surface area contributed by atoms with Crippen molar-refractivity contribution in [2.75, 3.05) is 6.61 Å². The van der Waals surface area contributed by atoms with E-state index < -0.39 is 0 Å². The maximum atomic E-state index is 12.0. The molecule has 0 aliphatic rings. The second kappa shape index (κ2) is 8.10. The standard InChI is InChI=1S/C15H19BrO3/c1-3-19-15(18)7-5-4-6-14(17)13-9-8-12(16)10-11(13)2/h8-10H,3-7H2,1-2H3. The highest BCUT2D eigenvalue weighted by Crippen LogP contribution is 2.18.